The van der Waals surface area contributed by atoms with E-state index in [1.54, 1.807) is 30.5 Å². The predicted molar refractivity (Wildman–Crippen MR) is 93.0 cm³/mol. The van der Waals surface area contributed by atoms with Crippen molar-refractivity contribution in [1.82, 2.24) is 18.9 Å². The Morgan fingerprint density at radius 1 is 1.16 bits per heavy atom. The van der Waals surface area contributed by atoms with Crippen LogP contribution in [0.5, 0.6) is 0 Å². The highest BCUT2D eigenvalue weighted by atomic mass is 32.2. The fourth-order valence-corrected chi connectivity index (χ4v) is 4.62. The van der Waals surface area contributed by atoms with Crippen LogP contribution in [0.3, 0.4) is 0 Å². The summed E-state index contributed by atoms with van der Waals surface area (Å²) in [5, 5.41) is 2.81. The van der Waals surface area contributed by atoms with Crippen molar-refractivity contribution in [3.05, 3.63) is 63.2 Å². The molecule has 1 aromatic carbocycles. The number of nitrogens with one attached hydrogen (secondary N) is 1. The number of nitrogens with zero attached hydrogens (tertiary/aromatic N) is 3. The van der Waals surface area contributed by atoms with Crippen molar-refractivity contribution in [3.63, 3.8) is 0 Å². The lowest BCUT2D eigenvalue weighted by molar-refractivity contribution is 0.384. The molecule has 0 unspecified atom stereocenters. The Morgan fingerprint density at radius 2 is 1.96 bits per heavy atom. The molecule has 0 bridgehead atoms. The Kier molecular flexibility index (Phi) is 3.55. The topological polar surface area (TPSA) is 87.5 Å². The van der Waals surface area contributed by atoms with Crippen molar-refractivity contribution in [2.75, 3.05) is 6.54 Å². The molecule has 3 aromatic rings. The molecular formula is C17H18N4O3S. The van der Waals surface area contributed by atoms with Gasteiger partial charge in [-0.1, -0.05) is 6.07 Å². The van der Waals surface area contributed by atoms with Gasteiger partial charge < -0.3 is 0 Å². The summed E-state index contributed by atoms with van der Waals surface area (Å²) in [7, 11) is -3.65. The van der Waals surface area contributed by atoms with Crippen molar-refractivity contribution >= 4 is 15.7 Å². The van der Waals surface area contributed by atoms with Gasteiger partial charge >= 0.3 is 0 Å². The molecule has 2 aromatic heterocycles. The van der Waals surface area contributed by atoms with Crippen molar-refractivity contribution in [2.45, 2.75) is 31.7 Å². The average Bonchev–Trinajstić information content (AvgIpc) is 3.06. The molecule has 0 saturated carbocycles. The minimum absolute atomic E-state index is 0.0401. The normalized spacial score (nSPS) is 15.4. The highest BCUT2D eigenvalue weighted by molar-refractivity contribution is 7.89. The first-order chi connectivity index (χ1) is 11.9. The van der Waals surface area contributed by atoms with E-state index in [2.05, 4.69) is 10.1 Å². The lowest BCUT2D eigenvalue weighted by atomic mass is 10.1. The van der Waals surface area contributed by atoms with Crippen LogP contribution in [0.4, 0.5) is 0 Å². The molecule has 0 spiro atoms. The van der Waals surface area contributed by atoms with E-state index in [9.17, 15) is 13.2 Å². The fourth-order valence-electron chi connectivity index (χ4n) is 3.12. The number of hydrogen-bond donors (Lipinski definition) is 1. The number of aromatic amines is 1. The van der Waals surface area contributed by atoms with Crippen LogP contribution in [0, 0.1) is 13.8 Å². The van der Waals surface area contributed by atoms with E-state index in [4.69, 9.17) is 0 Å². The summed E-state index contributed by atoms with van der Waals surface area (Å²) in [4.78, 5) is 17.3. The smallest absolute Gasteiger partial charge is 0.277 e. The van der Waals surface area contributed by atoms with E-state index in [0.29, 0.717) is 29.9 Å². The molecule has 3 heterocycles. The van der Waals surface area contributed by atoms with E-state index in [-0.39, 0.29) is 17.0 Å². The average molecular weight is 358 g/mol. The molecule has 7 nitrogen and oxygen atoms in total. The Bertz CT molecular complexity index is 1140. The molecule has 0 saturated heterocycles. The fraction of sp³-hybridized carbons (Fsp3) is 0.294. The zero-order valence-corrected chi connectivity index (χ0v) is 14.8. The molecule has 130 valence electrons. The molecule has 25 heavy (non-hydrogen) atoms. The van der Waals surface area contributed by atoms with Crippen LogP contribution in [0.1, 0.15) is 22.4 Å². The van der Waals surface area contributed by atoms with Crippen LogP contribution in [-0.2, 0) is 23.0 Å². The van der Waals surface area contributed by atoms with Gasteiger partial charge in [0.25, 0.3) is 5.56 Å². The van der Waals surface area contributed by atoms with E-state index < -0.39 is 10.0 Å². The lowest BCUT2D eigenvalue weighted by Crippen LogP contribution is -2.40. The third-order valence-corrected chi connectivity index (χ3v) is 6.61. The Morgan fingerprint density at radius 3 is 2.72 bits per heavy atom. The molecule has 1 aliphatic heterocycles. The SMILES string of the molecule is Cc1ccc(S(=O)(=O)N2CCc3nc4cc[nH]n4c(=O)c3C2)cc1C. The molecule has 0 aliphatic carbocycles. The van der Waals surface area contributed by atoms with Gasteiger partial charge in [-0.3, -0.25) is 9.89 Å². The van der Waals surface area contributed by atoms with Crippen molar-refractivity contribution in [2.24, 2.45) is 0 Å². The summed E-state index contributed by atoms with van der Waals surface area (Å²) in [6.07, 6.45) is 2.06. The van der Waals surface area contributed by atoms with Gasteiger partial charge in [0.1, 0.15) is 0 Å². The van der Waals surface area contributed by atoms with E-state index in [1.165, 1.54) is 8.82 Å². The summed E-state index contributed by atoms with van der Waals surface area (Å²) in [6.45, 7) is 4.18. The number of hydrogen-bond acceptors (Lipinski definition) is 4. The van der Waals surface area contributed by atoms with Crippen LogP contribution < -0.4 is 5.56 Å². The Balaban J connectivity index is 1.76. The first-order valence-corrected chi connectivity index (χ1v) is 9.47. The quantitative estimate of drug-likeness (QED) is 0.750. The third-order valence-electron chi connectivity index (χ3n) is 4.77. The summed E-state index contributed by atoms with van der Waals surface area (Å²) in [6, 6.07) is 6.82. The maximum atomic E-state index is 13.0. The number of benzene rings is 1. The number of H-pyrrole nitrogens is 1. The standard InChI is InChI=1S/C17H18N4O3S/c1-11-3-4-13(9-12(11)2)25(23,24)20-8-6-15-14(10-20)17(22)21-16(19-15)5-7-18-21/h3-5,7,9,18H,6,8,10H2,1-2H3. The van der Waals surface area contributed by atoms with E-state index >= 15 is 0 Å². The molecule has 0 fully saturated rings. The molecule has 1 N–H and O–H groups in total. The van der Waals surface area contributed by atoms with Gasteiger partial charge in [0.05, 0.1) is 16.2 Å². The largest absolute Gasteiger partial charge is 0.297 e. The molecule has 8 heteroatoms. The summed E-state index contributed by atoms with van der Waals surface area (Å²) < 4.78 is 28.6. The van der Waals surface area contributed by atoms with Crippen LogP contribution >= 0.6 is 0 Å². The van der Waals surface area contributed by atoms with E-state index in [0.717, 1.165) is 11.1 Å². The van der Waals surface area contributed by atoms with Crippen LogP contribution in [0.2, 0.25) is 0 Å². The Hall–Kier alpha value is -2.45. The van der Waals surface area contributed by atoms with Gasteiger partial charge in [-0.15, -0.1) is 0 Å². The van der Waals surface area contributed by atoms with Crippen LogP contribution in [0.25, 0.3) is 5.65 Å². The molecule has 0 amide bonds. The summed E-state index contributed by atoms with van der Waals surface area (Å²) in [5.41, 5.74) is 3.38. The number of aryl methyl sites for hydroxylation is 2. The van der Waals surface area contributed by atoms with Crippen molar-refractivity contribution in [1.29, 1.82) is 0 Å². The number of sulfonamides is 1. The van der Waals surface area contributed by atoms with E-state index in [1.807, 2.05) is 13.8 Å². The molecular weight excluding hydrogens is 340 g/mol. The predicted octanol–water partition coefficient (Wildman–Crippen LogP) is 1.39. The summed E-state index contributed by atoms with van der Waals surface area (Å²) >= 11 is 0. The summed E-state index contributed by atoms with van der Waals surface area (Å²) in [5.74, 6) is 0. The second kappa shape index (κ2) is 5.53. The number of rotatable bonds is 2. The van der Waals surface area contributed by atoms with Crippen molar-refractivity contribution in [3.8, 4) is 0 Å². The first-order valence-electron chi connectivity index (χ1n) is 8.03. The van der Waals surface area contributed by atoms with Crippen LogP contribution in [-0.4, -0.2) is 33.9 Å². The highest BCUT2D eigenvalue weighted by Crippen LogP contribution is 2.24. The maximum absolute atomic E-state index is 13.0. The van der Waals surface area contributed by atoms with Gasteiger partial charge in [-0.05, 0) is 37.1 Å². The second-order valence-corrected chi connectivity index (χ2v) is 8.27. The maximum Gasteiger partial charge on any atom is 0.277 e. The lowest BCUT2D eigenvalue weighted by Gasteiger charge is -2.27. The molecule has 0 radical (unpaired) electrons. The van der Waals surface area contributed by atoms with Crippen molar-refractivity contribution < 1.29 is 8.42 Å². The highest BCUT2D eigenvalue weighted by Gasteiger charge is 2.31. The van der Waals surface area contributed by atoms with Gasteiger partial charge in [0.15, 0.2) is 5.65 Å². The molecule has 1 aliphatic rings. The zero-order valence-electron chi connectivity index (χ0n) is 14.0. The minimum atomic E-state index is -3.65. The second-order valence-electron chi connectivity index (χ2n) is 6.33. The molecule has 4 rings (SSSR count). The molecule has 0 atom stereocenters. The zero-order chi connectivity index (χ0) is 17.8. The van der Waals surface area contributed by atoms with Gasteiger partial charge in [-0.25, -0.2) is 17.9 Å². The Labute approximate surface area is 145 Å². The first kappa shape index (κ1) is 16.0. The van der Waals surface area contributed by atoms with Gasteiger partial charge in [0.2, 0.25) is 10.0 Å². The van der Waals surface area contributed by atoms with Crippen LogP contribution in [0.15, 0.2) is 40.2 Å². The van der Waals surface area contributed by atoms with Gasteiger partial charge in [0, 0.05) is 31.8 Å². The minimum Gasteiger partial charge on any atom is -0.297 e. The van der Waals surface area contributed by atoms with Gasteiger partial charge in [-0.2, -0.15) is 4.31 Å². The monoisotopic (exact) mass is 358 g/mol. The number of fused-ring (bicyclic) bond motifs is 2. The third kappa shape index (κ3) is 2.49. The number of aromatic nitrogens is 3.